The van der Waals surface area contributed by atoms with Gasteiger partial charge in [-0.15, -0.1) is 0 Å². The van der Waals surface area contributed by atoms with Crippen molar-refractivity contribution in [1.82, 2.24) is 0 Å². The van der Waals surface area contributed by atoms with E-state index in [9.17, 15) is 0 Å². The first-order chi connectivity index (χ1) is 9.18. The maximum Gasteiger partial charge on any atom is 0.0241 e. The van der Waals surface area contributed by atoms with Crippen LogP contribution in [0, 0.1) is 5.92 Å². The molecule has 0 saturated heterocycles. The molecule has 0 bridgehead atoms. The van der Waals surface area contributed by atoms with E-state index in [-0.39, 0.29) is 12.0 Å². The van der Waals surface area contributed by atoms with Crippen LogP contribution in [0.2, 0.25) is 0 Å². The van der Waals surface area contributed by atoms with Crippen molar-refractivity contribution in [1.29, 1.82) is 0 Å². The first-order valence-corrected chi connectivity index (χ1v) is 7.04. The van der Waals surface area contributed by atoms with E-state index in [0.29, 0.717) is 5.92 Å². The molecule has 100 valence electrons. The maximum atomic E-state index is 6.48. The first kappa shape index (κ1) is 13.8. The van der Waals surface area contributed by atoms with Gasteiger partial charge < -0.3 is 5.73 Å². The van der Waals surface area contributed by atoms with Crippen molar-refractivity contribution in [3.05, 3.63) is 71.8 Å². The summed E-state index contributed by atoms with van der Waals surface area (Å²) in [6, 6.07) is 21.3. The van der Waals surface area contributed by atoms with Crippen LogP contribution in [0.3, 0.4) is 0 Å². The molecule has 1 nitrogen and oxygen atoms in total. The summed E-state index contributed by atoms with van der Waals surface area (Å²) in [6.07, 6.45) is 1.04. The summed E-state index contributed by atoms with van der Waals surface area (Å²) in [5, 5.41) is 0. The van der Waals surface area contributed by atoms with Crippen molar-refractivity contribution in [2.45, 2.75) is 32.2 Å². The lowest BCUT2D eigenvalue weighted by Crippen LogP contribution is -2.30. The van der Waals surface area contributed by atoms with Gasteiger partial charge in [-0.1, -0.05) is 74.5 Å². The smallest absolute Gasteiger partial charge is 0.0241 e. The van der Waals surface area contributed by atoms with E-state index >= 15 is 0 Å². The number of rotatable bonds is 5. The van der Waals surface area contributed by atoms with Crippen LogP contribution in [0.25, 0.3) is 0 Å². The van der Waals surface area contributed by atoms with Crippen LogP contribution in [0.5, 0.6) is 0 Å². The van der Waals surface area contributed by atoms with Crippen LogP contribution in [0.15, 0.2) is 60.7 Å². The molecule has 1 atom stereocenters. The Kier molecular flexibility index (Phi) is 4.75. The lowest BCUT2D eigenvalue weighted by atomic mass is 9.82. The van der Waals surface area contributed by atoms with Crippen molar-refractivity contribution in [3.63, 3.8) is 0 Å². The summed E-state index contributed by atoms with van der Waals surface area (Å²) >= 11 is 0. The Hall–Kier alpha value is -1.60. The summed E-state index contributed by atoms with van der Waals surface area (Å²) in [7, 11) is 0. The van der Waals surface area contributed by atoms with E-state index in [1.54, 1.807) is 0 Å². The SMILES string of the molecule is CC(C)C[C@H](N)C(c1ccccc1)c1ccccc1. The zero-order valence-electron chi connectivity index (χ0n) is 11.8. The fourth-order valence-electron chi connectivity index (χ4n) is 2.69. The lowest BCUT2D eigenvalue weighted by Gasteiger charge is -2.26. The number of hydrogen-bond donors (Lipinski definition) is 1. The Labute approximate surface area is 116 Å². The van der Waals surface area contributed by atoms with Crippen LogP contribution < -0.4 is 5.73 Å². The normalized spacial score (nSPS) is 12.9. The number of hydrogen-bond acceptors (Lipinski definition) is 1. The van der Waals surface area contributed by atoms with Crippen LogP contribution in [0.1, 0.15) is 37.3 Å². The van der Waals surface area contributed by atoms with Gasteiger partial charge in [0.1, 0.15) is 0 Å². The van der Waals surface area contributed by atoms with E-state index in [1.165, 1.54) is 11.1 Å². The van der Waals surface area contributed by atoms with Gasteiger partial charge in [0.05, 0.1) is 0 Å². The third-order valence-electron chi connectivity index (χ3n) is 3.49. The summed E-state index contributed by atoms with van der Waals surface area (Å²) in [5.74, 6) is 0.898. The summed E-state index contributed by atoms with van der Waals surface area (Å²) in [5.41, 5.74) is 9.10. The second-order valence-corrected chi connectivity index (χ2v) is 5.59. The van der Waals surface area contributed by atoms with Gasteiger partial charge in [0, 0.05) is 12.0 Å². The standard InChI is InChI=1S/C18H23N/c1-14(2)13-17(19)18(15-9-5-3-6-10-15)16-11-7-4-8-12-16/h3-12,14,17-18H,13,19H2,1-2H3/t17-/m0/s1. The molecule has 0 aliphatic carbocycles. The van der Waals surface area contributed by atoms with Gasteiger partial charge in [-0.3, -0.25) is 0 Å². The molecule has 0 aliphatic heterocycles. The Bertz CT molecular complexity index is 436. The highest BCUT2D eigenvalue weighted by Crippen LogP contribution is 2.29. The van der Waals surface area contributed by atoms with Gasteiger partial charge in [0.2, 0.25) is 0 Å². The number of benzene rings is 2. The average Bonchev–Trinajstić information content (AvgIpc) is 2.40. The third-order valence-corrected chi connectivity index (χ3v) is 3.49. The predicted molar refractivity (Wildman–Crippen MR) is 82.2 cm³/mol. The first-order valence-electron chi connectivity index (χ1n) is 7.04. The fourth-order valence-corrected chi connectivity index (χ4v) is 2.69. The van der Waals surface area contributed by atoms with E-state index in [2.05, 4.69) is 74.5 Å². The van der Waals surface area contributed by atoms with Gasteiger partial charge in [-0.05, 0) is 23.5 Å². The minimum absolute atomic E-state index is 0.157. The molecule has 0 fully saturated rings. The molecule has 19 heavy (non-hydrogen) atoms. The Morgan fingerprint density at radius 3 is 1.58 bits per heavy atom. The molecule has 0 amide bonds. The van der Waals surface area contributed by atoms with Crippen LogP contribution in [-0.4, -0.2) is 6.04 Å². The van der Waals surface area contributed by atoms with Crippen molar-refractivity contribution < 1.29 is 0 Å². The predicted octanol–water partition coefficient (Wildman–Crippen LogP) is 4.19. The van der Waals surface area contributed by atoms with Crippen molar-refractivity contribution in [2.24, 2.45) is 11.7 Å². The molecule has 0 aliphatic rings. The van der Waals surface area contributed by atoms with E-state index in [0.717, 1.165) is 6.42 Å². The average molecular weight is 253 g/mol. The minimum Gasteiger partial charge on any atom is -0.327 e. The summed E-state index contributed by atoms with van der Waals surface area (Å²) in [4.78, 5) is 0. The lowest BCUT2D eigenvalue weighted by molar-refractivity contribution is 0.462. The van der Waals surface area contributed by atoms with E-state index < -0.39 is 0 Å². The van der Waals surface area contributed by atoms with Gasteiger partial charge in [-0.25, -0.2) is 0 Å². The molecule has 0 saturated carbocycles. The molecule has 2 aromatic rings. The van der Waals surface area contributed by atoms with Gasteiger partial charge in [0.25, 0.3) is 0 Å². The molecular formula is C18H23N. The summed E-state index contributed by atoms with van der Waals surface area (Å²) in [6.45, 7) is 4.46. The molecule has 0 heterocycles. The quantitative estimate of drug-likeness (QED) is 0.849. The Balaban J connectivity index is 2.34. The zero-order valence-corrected chi connectivity index (χ0v) is 11.8. The van der Waals surface area contributed by atoms with Crippen molar-refractivity contribution in [2.75, 3.05) is 0 Å². The highest BCUT2D eigenvalue weighted by Gasteiger charge is 2.22. The zero-order chi connectivity index (χ0) is 13.7. The monoisotopic (exact) mass is 253 g/mol. The van der Waals surface area contributed by atoms with E-state index in [4.69, 9.17) is 5.73 Å². The number of nitrogens with two attached hydrogens (primary N) is 1. The molecule has 2 rings (SSSR count). The van der Waals surface area contributed by atoms with Gasteiger partial charge in [-0.2, -0.15) is 0 Å². The van der Waals surface area contributed by atoms with Crippen LogP contribution in [-0.2, 0) is 0 Å². The van der Waals surface area contributed by atoms with Crippen LogP contribution >= 0.6 is 0 Å². The molecule has 0 spiro atoms. The second kappa shape index (κ2) is 6.53. The highest BCUT2D eigenvalue weighted by atomic mass is 14.7. The molecule has 2 aromatic carbocycles. The maximum absolute atomic E-state index is 6.48. The molecular weight excluding hydrogens is 230 g/mol. The topological polar surface area (TPSA) is 26.0 Å². The summed E-state index contributed by atoms with van der Waals surface area (Å²) < 4.78 is 0. The minimum atomic E-state index is 0.157. The largest absolute Gasteiger partial charge is 0.327 e. The molecule has 1 heteroatoms. The second-order valence-electron chi connectivity index (χ2n) is 5.59. The van der Waals surface area contributed by atoms with Gasteiger partial charge in [0.15, 0.2) is 0 Å². The Morgan fingerprint density at radius 1 is 0.789 bits per heavy atom. The van der Waals surface area contributed by atoms with Crippen LogP contribution in [0.4, 0.5) is 0 Å². The van der Waals surface area contributed by atoms with Crippen molar-refractivity contribution >= 4 is 0 Å². The van der Waals surface area contributed by atoms with E-state index in [1.807, 2.05) is 0 Å². The fraction of sp³-hybridized carbons (Fsp3) is 0.333. The highest BCUT2D eigenvalue weighted by molar-refractivity contribution is 5.34. The molecule has 0 aromatic heterocycles. The Morgan fingerprint density at radius 2 is 1.21 bits per heavy atom. The molecule has 0 unspecified atom stereocenters. The van der Waals surface area contributed by atoms with Crippen molar-refractivity contribution in [3.8, 4) is 0 Å². The molecule has 0 radical (unpaired) electrons. The third kappa shape index (κ3) is 3.68. The molecule has 2 N–H and O–H groups in total. The van der Waals surface area contributed by atoms with Gasteiger partial charge >= 0.3 is 0 Å².